The zero-order chi connectivity index (χ0) is 22.8. The number of H-pyrrole nitrogens is 1. The zero-order valence-corrected chi connectivity index (χ0v) is 17.5. The minimum absolute atomic E-state index is 0.0655. The number of nitrogens with one attached hydrogen (secondary N) is 3. The van der Waals surface area contributed by atoms with Crippen molar-refractivity contribution in [3.63, 3.8) is 0 Å². The normalized spacial score (nSPS) is 15.6. The van der Waals surface area contributed by atoms with Gasteiger partial charge in [0.2, 0.25) is 11.8 Å². The van der Waals surface area contributed by atoms with Crippen LogP contribution in [0.4, 0.5) is 13.2 Å². The molecule has 1 atom stereocenters. The van der Waals surface area contributed by atoms with E-state index in [-0.39, 0.29) is 35.9 Å². The first kappa shape index (κ1) is 22.0. The van der Waals surface area contributed by atoms with Gasteiger partial charge in [-0.1, -0.05) is 23.7 Å². The van der Waals surface area contributed by atoms with Crippen LogP contribution in [-0.2, 0) is 16.0 Å². The van der Waals surface area contributed by atoms with Crippen molar-refractivity contribution in [1.29, 1.82) is 0 Å². The topological polar surface area (TPSA) is 74.0 Å². The summed E-state index contributed by atoms with van der Waals surface area (Å²) in [6.07, 6.45) is 0.840. The van der Waals surface area contributed by atoms with Gasteiger partial charge in [-0.3, -0.25) is 9.59 Å². The molecule has 1 fully saturated rings. The van der Waals surface area contributed by atoms with Crippen molar-refractivity contribution in [3.05, 3.63) is 70.5 Å². The Morgan fingerprint density at radius 3 is 2.41 bits per heavy atom. The maximum Gasteiger partial charge on any atom is 0.242 e. The number of aryl methyl sites for hydroxylation is 1. The fourth-order valence-electron chi connectivity index (χ4n) is 3.75. The standard InChI is InChI=1S/C23H19ClF3N3O2/c24-14-4-1-12(2-5-14)22-13(3-6-20(31)29-18-7-8-28-23(18)32)9-19(30-22)21-16(26)10-15(25)11-17(21)27/h1-2,4-5,9-11,18,30H,3,6-8H2,(H,28,32)(H,29,31). The van der Waals surface area contributed by atoms with E-state index in [9.17, 15) is 22.8 Å². The fourth-order valence-corrected chi connectivity index (χ4v) is 3.88. The van der Waals surface area contributed by atoms with Crippen molar-refractivity contribution in [3.8, 4) is 22.5 Å². The fraction of sp³-hybridized carbons (Fsp3) is 0.217. The van der Waals surface area contributed by atoms with Gasteiger partial charge < -0.3 is 15.6 Å². The lowest BCUT2D eigenvalue weighted by atomic mass is 10.0. The van der Waals surface area contributed by atoms with E-state index in [0.717, 1.165) is 0 Å². The quantitative estimate of drug-likeness (QED) is 0.510. The van der Waals surface area contributed by atoms with Crippen LogP contribution < -0.4 is 10.6 Å². The molecule has 0 aliphatic carbocycles. The Morgan fingerprint density at radius 2 is 1.78 bits per heavy atom. The molecule has 3 N–H and O–H groups in total. The molecule has 166 valence electrons. The van der Waals surface area contributed by atoms with E-state index in [1.165, 1.54) is 0 Å². The lowest BCUT2D eigenvalue weighted by Crippen LogP contribution is -2.40. The number of carbonyl (C=O) groups is 2. The molecular weight excluding hydrogens is 443 g/mol. The molecule has 5 nitrogen and oxygen atoms in total. The molecule has 2 amide bonds. The van der Waals surface area contributed by atoms with Crippen molar-refractivity contribution in [2.75, 3.05) is 6.54 Å². The summed E-state index contributed by atoms with van der Waals surface area (Å²) in [7, 11) is 0. The number of aromatic amines is 1. The van der Waals surface area contributed by atoms with Gasteiger partial charge in [-0.25, -0.2) is 13.2 Å². The molecule has 1 saturated heterocycles. The molecule has 1 aliphatic heterocycles. The van der Waals surface area contributed by atoms with Crippen molar-refractivity contribution in [1.82, 2.24) is 15.6 Å². The van der Waals surface area contributed by atoms with Gasteiger partial charge in [-0.15, -0.1) is 0 Å². The highest BCUT2D eigenvalue weighted by molar-refractivity contribution is 6.30. The van der Waals surface area contributed by atoms with Crippen LogP contribution in [0.25, 0.3) is 22.5 Å². The van der Waals surface area contributed by atoms with Crippen LogP contribution in [-0.4, -0.2) is 29.4 Å². The highest BCUT2D eigenvalue weighted by atomic mass is 35.5. The zero-order valence-electron chi connectivity index (χ0n) is 16.8. The Hall–Kier alpha value is -3.26. The lowest BCUT2D eigenvalue weighted by Gasteiger charge is -2.10. The van der Waals surface area contributed by atoms with E-state index in [1.54, 1.807) is 30.3 Å². The van der Waals surface area contributed by atoms with Crippen molar-refractivity contribution >= 4 is 23.4 Å². The van der Waals surface area contributed by atoms with E-state index in [4.69, 9.17) is 11.6 Å². The van der Waals surface area contributed by atoms with E-state index in [0.29, 0.717) is 46.9 Å². The van der Waals surface area contributed by atoms with Gasteiger partial charge in [0.15, 0.2) is 0 Å². The molecule has 0 radical (unpaired) electrons. The molecule has 1 aliphatic rings. The predicted molar refractivity (Wildman–Crippen MR) is 114 cm³/mol. The summed E-state index contributed by atoms with van der Waals surface area (Å²) in [4.78, 5) is 27.0. The Kier molecular flexibility index (Phi) is 6.23. The predicted octanol–water partition coefficient (Wildman–Crippen LogP) is 4.36. The minimum Gasteiger partial charge on any atom is -0.354 e. The molecule has 4 rings (SSSR count). The summed E-state index contributed by atoms with van der Waals surface area (Å²) in [6.45, 7) is 0.514. The van der Waals surface area contributed by atoms with Crippen LogP contribution in [0.5, 0.6) is 0 Å². The number of amides is 2. The number of aromatic nitrogens is 1. The summed E-state index contributed by atoms with van der Waals surface area (Å²) >= 11 is 5.96. The molecule has 2 heterocycles. The molecule has 0 bridgehead atoms. The van der Waals surface area contributed by atoms with Gasteiger partial charge >= 0.3 is 0 Å². The van der Waals surface area contributed by atoms with E-state index in [2.05, 4.69) is 15.6 Å². The summed E-state index contributed by atoms with van der Waals surface area (Å²) in [5.41, 5.74) is 1.63. The van der Waals surface area contributed by atoms with Crippen molar-refractivity contribution in [2.45, 2.75) is 25.3 Å². The van der Waals surface area contributed by atoms with E-state index < -0.39 is 23.5 Å². The molecule has 0 spiro atoms. The summed E-state index contributed by atoms with van der Waals surface area (Å²) < 4.78 is 42.0. The Morgan fingerprint density at radius 1 is 1.09 bits per heavy atom. The van der Waals surface area contributed by atoms with Crippen molar-refractivity contribution in [2.24, 2.45) is 0 Å². The Balaban J connectivity index is 1.63. The highest BCUT2D eigenvalue weighted by Crippen LogP contribution is 2.33. The average Bonchev–Trinajstić information content (AvgIpc) is 3.33. The van der Waals surface area contributed by atoms with Crippen LogP contribution >= 0.6 is 11.6 Å². The highest BCUT2D eigenvalue weighted by Gasteiger charge is 2.25. The first-order valence-corrected chi connectivity index (χ1v) is 10.4. The van der Waals surface area contributed by atoms with Crippen LogP contribution in [0.1, 0.15) is 18.4 Å². The number of hydrogen-bond acceptors (Lipinski definition) is 2. The molecule has 2 aromatic carbocycles. The van der Waals surface area contributed by atoms with Gasteiger partial charge in [0.25, 0.3) is 0 Å². The Bertz CT molecular complexity index is 1150. The summed E-state index contributed by atoms with van der Waals surface area (Å²) in [5.74, 6) is -3.62. The summed E-state index contributed by atoms with van der Waals surface area (Å²) in [5, 5.41) is 5.86. The van der Waals surface area contributed by atoms with Gasteiger partial charge in [0, 0.05) is 35.8 Å². The number of halogens is 4. The van der Waals surface area contributed by atoms with Crippen LogP contribution in [0.3, 0.4) is 0 Å². The summed E-state index contributed by atoms with van der Waals surface area (Å²) in [6, 6.07) is 9.03. The number of hydrogen-bond donors (Lipinski definition) is 3. The third-order valence-corrected chi connectivity index (χ3v) is 5.57. The molecule has 32 heavy (non-hydrogen) atoms. The van der Waals surface area contributed by atoms with Crippen molar-refractivity contribution < 1.29 is 22.8 Å². The van der Waals surface area contributed by atoms with Gasteiger partial charge in [0.05, 0.1) is 11.3 Å². The van der Waals surface area contributed by atoms with Crippen LogP contribution in [0, 0.1) is 17.5 Å². The molecule has 0 saturated carbocycles. The third-order valence-electron chi connectivity index (χ3n) is 5.31. The maximum absolute atomic E-state index is 14.4. The molecule has 9 heteroatoms. The number of rotatable bonds is 6. The molecular formula is C23H19ClF3N3O2. The van der Waals surface area contributed by atoms with Gasteiger partial charge in [-0.05, 0) is 42.2 Å². The minimum atomic E-state index is -1.04. The molecule has 1 aromatic heterocycles. The Labute approximate surface area is 187 Å². The maximum atomic E-state index is 14.4. The first-order chi connectivity index (χ1) is 15.3. The second-order valence-electron chi connectivity index (χ2n) is 7.53. The van der Waals surface area contributed by atoms with Gasteiger partial charge in [0.1, 0.15) is 23.5 Å². The third kappa shape index (κ3) is 4.65. The van der Waals surface area contributed by atoms with Crippen LogP contribution in [0.15, 0.2) is 42.5 Å². The monoisotopic (exact) mass is 461 g/mol. The van der Waals surface area contributed by atoms with Crippen LogP contribution in [0.2, 0.25) is 5.02 Å². The smallest absolute Gasteiger partial charge is 0.242 e. The molecule has 1 unspecified atom stereocenters. The molecule has 3 aromatic rings. The average molecular weight is 462 g/mol. The van der Waals surface area contributed by atoms with E-state index >= 15 is 0 Å². The lowest BCUT2D eigenvalue weighted by molar-refractivity contribution is -0.127. The number of carbonyl (C=O) groups excluding carboxylic acids is 2. The second kappa shape index (κ2) is 9.08. The SMILES string of the molecule is O=C(CCc1cc(-c2c(F)cc(F)cc2F)[nH]c1-c1ccc(Cl)cc1)NC1CCNC1=O. The number of benzene rings is 2. The first-order valence-electron chi connectivity index (χ1n) is 10.0. The van der Waals surface area contributed by atoms with Gasteiger partial charge in [-0.2, -0.15) is 0 Å². The largest absolute Gasteiger partial charge is 0.354 e. The van der Waals surface area contributed by atoms with E-state index in [1.807, 2.05) is 0 Å². The second-order valence-corrected chi connectivity index (χ2v) is 7.97.